The fourth-order valence-electron chi connectivity index (χ4n) is 6.06. The smallest absolute Gasteiger partial charge is 0.258 e. The number of carbonyl (C=O) groups excluding carboxylic acids is 1. The minimum Gasteiger partial charge on any atom is -0.322 e. The van der Waals surface area contributed by atoms with Crippen LogP contribution in [0.1, 0.15) is 56.2 Å². The molecule has 3 heterocycles. The minimum atomic E-state index is -0.773. The summed E-state index contributed by atoms with van der Waals surface area (Å²) < 4.78 is 2.12. The second-order valence-electron chi connectivity index (χ2n) is 11.3. The number of allylic oxidation sites excluding steroid dienone is 1. The summed E-state index contributed by atoms with van der Waals surface area (Å²) in [5, 5.41) is 30.5. The van der Waals surface area contributed by atoms with Gasteiger partial charge in [0.15, 0.2) is 0 Å². The molecule has 2 atom stereocenters. The van der Waals surface area contributed by atoms with Crippen LogP contribution in [0.4, 0.5) is 11.4 Å². The number of amides is 1. The van der Waals surface area contributed by atoms with Crippen molar-refractivity contribution < 1.29 is 4.79 Å². The van der Waals surface area contributed by atoms with Crippen molar-refractivity contribution in [1.29, 1.82) is 10.5 Å². The zero-order valence-electron chi connectivity index (χ0n) is 25.0. The number of para-hydroxylation sites is 1. The summed E-state index contributed by atoms with van der Waals surface area (Å²) in [6.07, 6.45) is 5.07. The third-order valence-corrected chi connectivity index (χ3v) is 9.63. The Morgan fingerprint density at radius 2 is 1.80 bits per heavy atom. The highest BCUT2D eigenvalue weighted by Gasteiger charge is 2.38. The Morgan fingerprint density at radius 3 is 2.50 bits per heavy atom. The van der Waals surface area contributed by atoms with E-state index in [1.807, 2.05) is 81.4 Å². The van der Waals surface area contributed by atoms with E-state index in [1.165, 1.54) is 4.88 Å². The van der Waals surface area contributed by atoms with E-state index in [4.69, 9.17) is 5.73 Å². The van der Waals surface area contributed by atoms with E-state index >= 15 is 0 Å². The van der Waals surface area contributed by atoms with E-state index in [0.29, 0.717) is 5.71 Å². The zero-order valence-corrected chi connectivity index (χ0v) is 25.8. The van der Waals surface area contributed by atoms with Crippen LogP contribution in [-0.4, -0.2) is 22.4 Å². The summed E-state index contributed by atoms with van der Waals surface area (Å²) in [6.45, 7) is 6.02. The molecule has 0 unspecified atom stereocenters. The maximum atomic E-state index is 13.9. The van der Waals surface area contributed by atoms with Crippen molar-refractivity contribution in [3.63, 3.8) is 0 Å². The molecule has 0 bridgehead atoms. The standard InChI is InChI=1S/C35H33N7OS/c1-21-13-15-26(16-14-21)39-34(43)31-28-11-7-8-12-30(28)44-35(31)41-22(2)17-24(23(41)3)18-25(19-36)32-29(20-37)33(38)42(40-32)27-9-5-4-6-10-27/h4-6,9-10,13-18,29,33H,7-8,11-12,38H2,1-3H3,(H,39,43)/b25-18-/t29-,33+/m1/s1. The number of aromatic nitrogens is 1. The molecule has 1 aliphatic heterocycles. The number of hydrogen-bond donors (Lipinski definition) is 2. The van der Waals surface area contributed by atoms with Crippen molar-refractivity contribution in [3.05, 3.63) is 105 Å². The van der Waals surface area contributed by atoms with Gasteiger partial charge in [0.25, 0.3) is 5.91 Å². The predicted molar refractivity (Wildman–Crippen MR) is 176 cm³/mol. The first-order chi connectivity index (χ1) is 21.3. The molecule has 4 aromatic rings. The van der Waals surface area contributed by atoms with Crippen molar-refractivity contribution >= 4 is 40.4 Å². The van der Waals surface area contributed by atoms with Gasteiger partial charge in [-0.3, -0.25) is 4.79 Å². The average Bonchev–Trinajstić information content (AvgIpc) is 3.66. The first-order valence-corrected chi connectivity index (χ1v) is 15.5. The first-order valence-electron chi connectivity index (χ1n) is 14.7. The molecule has 1 amide bonds. The average molecular weight is 600 g/mol. The van der Waals surface area contributed by atoms with Gasteiger partial charge in [-0.2, -0.15) is 15.6 Å². The molecule has 0 spiro atoms. The number of carbonyl (C=O) groups is 1. The van der Waals surface area contributed by atoms with Gasteiger partial charge in [-0.05, 0) is 94.0 Å². The van der Waals surface area contributed by atoms with E-state index in [2.05, 4.69) is 27.1 Å². The number of hydrogen-bond acceptors (Lipinski definition) is 7. The molecule has 3 N–H and O–H groups in total. The molecule has 2 aromatic carbocycles. The topological polar surface area (TPSA) is 123 Å². The lowest BCUT2D eigenvalue weighted by atomic mass is 9.95. The summed E-state index contributed by atoms with van der Waals surface area (Å²) in [7, 11) is 0. The Morgan fingerprint density at radius 1 is 1.07 bits per heavy atom. The number of anilines is 2. The number of thiophene rings is 1. The Labute approximate surface area is 261 Å². The zero-order chi connectivity index (χ0) is 31.0. The molecule has 8 nitrogen and oxygen atoms in total. The summed E-state index contributed by atoms with van der Waals surface area (Å²) in [4.78, 5) is 15.1. The van der Waals surface area contributed by atoms with E-state index in [0.717, 1.165) is 75.7 Å². The molecular weight excluding hydrogens is 567 g/mol. The lowest BCUT2D eigenvalue weighted by molar-refractivity contribution is 0.102. The van der Waals surface area contributed by atoms with Crippen LogP contribution in [0.15, 0.2) is 71.3 Å². The summed E-state index contributed by atoms with van der Waals surface area (Å²) in [5.74, 6) is -0.886. The SMILES string of the molecule is Cc1ccc(NC(=O)c2c(-n3c(C)cc(/C=C(/C#N)C4=NN(c5ccccc5)[C@H](N)[C@@H]4C#N)c3C)sc3c2CCCC3)cc1. The second kappa shape index (κ2) is 12.0. The maximum absolute atomic E-state index is 13.9. The van der Waals surface area contributed by atoms with Crippen LogP contribution in [0.3, 0.4) is 0 Å². The fraction of sp³-hybridized carbons (Fsp3) is 0.257. The van der Waals surface area contributed by atoms with Crippen LogP contribution in [0.25, 0.3) is 11.1 Å². The Kier molecular flexibility index (Phi) is 7.92. The van der Waals surface area contributed by atoms with E-state index in [1.54, 1.807) is 22.4 Å². The van der Waals surface area contributed by atoms with Crippen LogP contribution < -0.4 is 16.1 Å². The molecule has 2 aliphatic rings. The monoisotopic (exact) mass is 599 g/mol. The van der Waals surface area contributed by atoms with E-state index in [9.17, 15) is 15.3 Å². The molecule has 0 saturated carbocycles. The summed E-state index contributed by atoms with van der Waals surface area (Å²) >= 11 is 1.68. The Balaban J connectivity index is 1.41. The van der Waals surface area contributed by atoms with Crippen molar-refractivity contribution in [1.82, 2.24) is 4.57 Å². The minimum absolute atomic E-state index is 0.113. The number of nitrogens with two attached hydrogens (primary N) is 1. The van der Waals surface area contributed by atoms with Gasteiger partial charge >= 0.3 is 0 Å². The summed E-state index contributed by atoms with van der Waals surface area (Å²) in [5.41, 5.74) is 14.2. The number of aryl methyl sites for hydroxylation is 3. The molecule has 0 saturated heterocycles. The van der Waals surface area contributed by atoms with Crippen LogP contribution >= 0.6 is 11.3 Å². The Hall–Kier alpha value is -4.96. The molecule has 6 rings (SSSR count). The van der Waals surface area contributed by atoms with E-state index < -0.39 is 12.1 Å². The number of fused-ring (bicyclic) bond motifs is 1. The third kappa shape index (κ3) is 5.22. The largest absolute Gasteiger partial charge is 0.322 e. The number of rotatable bonds is 6. The molecule has 0 radical (unpaired) electrons. The Bertz CT molecular complexity index is 1880. The molecule has 1 aliphatic carbocycles. The summed E-state index contributed by atoms with van der Waals surface area (Å²) in [6, 6.07) is 23.8. The van der Waals surface area contributed by atoms with Crippen LogP contribution in [0, 0.1) is 49.4 Å². The van der Waals surface area contributed by atoms with Gasteiger partial charge in [0, 0.05) is 22.0 Å². The third-order valence-electron chi connectivity index (χ3n) is 8.35. The highest BCUT2D eigenvalue weighted by molar-refractivity contribution is 7.15. The maximum Gasteiger partial charge on any atom is 0.258 e. The first kappa shape index (κ1) is 29.1. The van der Waals surface area contributed by atoms with Crippen molar-refractivity contribution in [2.75, 3.05) is 10.3 Å². The predicted octanol–water partition coefficient (Wildman–Crippen LogP) is 6.80. The van der Waals surface area contributed by atoms with Gasteiger partial charge in [0.05, 0.1) is 28.6 Å². The van der Waals surface area contributed by atoms with Gasteiger partial charge in [-0.1, -0.05) is 35.9 Å². The van der Waals surface area contributed by atoms with Crippen LogP contribution in [0.2, 0.25) is 0 Å². The number of benzene rings is 2. The normalized spacial score (nSPS) is 17.9. The molecule has 2 aromatic heterocycles. The molecular formula is C35H33N7OS. The number of nitrogens with zero attached hydrogens (tertiary/aromatic N) is 5. The quantitative estimate of drug-likeness (QED) is 0.236. The van der Waals surface area contributed by atoms with Crippen molar-refractivity contribution in [2.24, 2.45) is 16.8 Å². The fourth-order valence-corrected chi connectivity index (χ4v) is 7.55. The van der Waals surface area contributed by atoms with Crippen LogP contribution in [-0.2, 0) is 12.8 Å². The molecule has 0 fully saturated rings. The lowest BCUT2D eigenvalue weighted by Gasteiger charge is -2.21. The van der Waals surface area contributed by atoms with Crippen molar-refractivity contribution in [2.45, 2.75) is 52.6 Å². The van der Waals surface area contributed by atoms with E-state index in [-0.39, 0.29) is 11.5 Å². The van der Waals surface area contributed by atoms with Gasteiger partial charge < -0.3 is 15.6 Å². The lowest BCUT2D eigenvalue weighted by Crippen LogP contribution is -2.40. The molecule has 220 valence electrons. The second-order valence-corrected chi connectivity index (χ2v) is 12.4. The highest BCUT2D eigenvalue weighted by atomic mass is 32.1. The number of nitrogens with one attached hydrogen (secondary N) is 1. The van der Waals surface area contributed by atoms with Gasteiger partial charge in [0.1, 0.15) is 23.2 Å². The van der Waals surface area contributed by atoms with Gasteiger partial charge in [0.2, 0.25) is 0 Å². The molecule has 9 heteroatoms. The van der Waals surface area contributed by atoms with Crippen LogP contribution in [0.5, 0.6) is 0 Å². The van der Waals surface area contributed by atoms with Gasteiger partial charge in [-0.25, -0.2) is 5.01 Å². The molecule has 44 heavy (non-hydrogen) atoms. The van der Waals surface area contributed by atoms with Crippen molar-refractivity contribution in [3.8, 4) is 17.1 Å². The number of hydrazone groups is 1. The highest BCUT2D eigenvalue weighted by Crippen LogP contribution is 2.39. The van der Waals surface area contributed by atoms with Gasteiger partial charge in [-0.15, -0.1) is 11.3 Å². The number of nitriles is 2.